The van der Waals surface area contributed by atoms with Crippen molar-refractivity contribution in [1.29, 1.82) is 0 Å². The fourth-order valence-electron chi connectivity index (χ4n) is 2.31. The minimum atomic E-state index is -0.994. The predicted octanol–water partition coefficient (Wildman–Crippen LogP) is 3.59. The van der Waals surface area contributed by atoms with Crippen molar-refractivity contribution in [2.75, 3.05) is 19.0 Å². The average molecular weight is 299 g/mol. The van der Waals surface area contributed by atoms with Crippen molar-refractivity contribution in [3.8, 4) is 5.75 Å². The summed E-state index contributed by atoms with van der Waals surface area (Å²) < 4.78 is 10.6. The van der Waals surface area contributed by atoms with E-state index in [1.807, 2.05) is 61.5 Å². The molecule has 0 aromatic heterocycles. The van der Waals surface area contributed by atoms with Gasteiger partial charge in [-0.2, -0.15) is 0 Å². The molecule has 2 aromatic rings. The lowest BCUT2D eigenvalue weighted by Crippen LogP contribution is -2.42. The van der Waals surface area contributed by atoms with Gasteiger partial charge in [0.1, 0.15) is 5.75 Å². The van der Waals surface area contributed by atoms with Gasteiger partial charge < -0.3 is 14.8 Å². The maximum atomic E-state index is 12.5. The molecule has 0 heterocycles. The third kappa shape index (κ3) is 3.22. The highest BCUT2D eigenvalue weighted by molar-refractivity contribution is 5.86. The highest BCUT2D eigenvalue weighted by atomic mass is 16.5. The van der Waals surface area contributed by atoms with Crippen LogP contribution in [0.2, 0.25) is 0 Å². The monoisotopic (exact) mass is 299 g/mol. The molecule has 0 radical (unpaired) electrons. The summed E-state index contributed by atoms with van der Waals surface area (Å²) in [5, 5.41) is 3.28. The molecule has 116 valence electrons. The SMILES string of the molecule is CCOC(=O)[C@](C)(Nc1ccccc1OC)c1ccccc1. The summed E-state index contributed by atoms with van der Waals surface area (Å²) in [7, 11) is 1.60. The van der Waals surface area contributed by atoms with Crippen molar-refractivity contribution in [3.05, 3.63) is 60.2 Å². The van der Waals surface area contributed by atoms with Crippen LogP contribution in [0.5, 0.6) is 5.75 Å². The highest BCUT2D eigenvalue weighted by Gasteiger charge is 2.37. The first-order valence-electron chi connectivity index (χ1n) is 7.25. The van der Waals surface area contributed by atoms with Gasteiger partial charge in [0.2, 0.25) is 0 Å². The molecule has 0 spiro atoms. The zero-order chi connectivity index (χ0) is 16.0. The van der Waals surface area contributed by atoms with Gasteiger partial charge in [0.15, 0.2) is 5.54 Å². The first-order valence-corrected chi connectivity index (χ1v) is 7.25. The third-order valence-corrected chi connectivity index (χ3v) is 3.53. The Morgan fingerprint density at radius 3 is 2.36 bits per heavy atom. The lowest BCUT2D eigenvalue weighted by molar-refractivity contribution is -0.148. The number of hydrogen-bond donors (Lipinski definition) is 1. The Labute approximate surface area is 131 Å². The maximum absolute atomic E-state index is 12.5. The zero-order valence-corrected chi connectivity index (χ0v) is 13.1. The number of nitrogens with one attached hydrogen (secondary N) is 1. The molecule has 0 unspecified atom stereocenters. The number of benzene rings is 2. The second kappa shape index (κ2) is 6.98. The molecule has 0 fully saturated rings. The first-order chi connectivity index (χ1) is 10.6. The van der Waals surface area contributed by atoms with E-state index < -0.39 is 5.54 Å². The van der Waals surface area contributed by atoms with Gasteiger partial charge >= 0.3 is 5.97 Å². The second-order valence-corrected chi connectivity index (χ2v) is 5.04. The number of hydrogen-bond acceptors (Lipinski definition) is 4. The van der Waals surface area contributed by atoms with E-state index in [1.165, 1.54) is 0 Å². The number of rotatable bonds is 6. The van der Waals surface area contributed by atoms with Crippen LogP contribution in [0.3, 0.4) is 0 Å². The van der Waals surface area contributed by atoms with Gasteiger partial charge in [-0.05, 0) is 31.5 Å². The van der Waals surface area contributed by atoms with Gasteiger partial charge in [-0.15, -0.1) is 0 Å². The molecule has 0 aliphatic heterocycles. The summed E-state index contributed by atoms with van der Waals surface area (Å²) in [6.45, 7) is 3.94. The molecule has 1 N–H and O–H groups in total. The molecular formula is C18H21NO3. The van der Waals surface area contributed by atoms with Crippen LogP contribution in [0.1, 0.15) is 19.4 Å². The van der Waals surface area contributed by atoms with E-state index in [2.05, 4.69) is 5.32 Å². The smallest absolute Gasteiger partial charge is 0.336 e. The second-order valence-electron chi connectivity index (χ2n) is 5.04. The highest BCUT2D eigenvalue weighted by Crippen LogP contribution is 2.32. The van der Waals surface area contributed by atoms with Crippen LogP contribution in [0.4, 0.5) is 5.69 Å². The lowest BCUT2D eigenvalue weighted by Gasteiger charge is -2.30. The molecule has 2 aromatic carbocycles. The number of esters is 1. The summed E-state index contributed by atoms with van der Waals surface area (Å²) in [6, 6.07) is 17.0. The van der Waals surface area contributed by atoms with Crippen LogP contribution in [0, 0.1) is 0 Å². The molecule has 4 nitrogen and oxygen atoms in total. The van der Waals surface area contributed by atoms with Crippen molar-refractivity contribution in [2.24, 2.45) is 0 Å². The molecular weight excluding hydrogens is 278 g/mol. The van der Waals surface area contributed by atoms with Gasteiger partial charge in [-0.1, -0.05) is 42.5 Å². The molecule has 0 saturated carbocycles. The Balaban J connectivity index is 2.43. The fraction of sp³-hybridized carbons (Fsp3) is 0.278. The van der Waals surface area contributed by atoms with E-state index in [-0.39, 0.29) is 5.97 Å². The Kier molecular flexibility index (Phi) is 5.04. The Bertz CT molecular complexity index is 627. The number of para-hydroxylation sites is 2. The number of methoxy groups -OCH3 is 1. The van der Waals surface area contributed by atoms with Crippen LogP contribution in [0.25, 0.3) is 0 Å². The molecule has 0 aliphatic carbocycles. The maximum Gasteiger partial charge on any atom is 0.336 e. The van der Waals surface area contributed by atoms with Gasteiger partial charge in [-0.3, -0.25) is 0 Å². The van der Waals surface area contributed by atoms with E-state index in [9.17, 15) is 4.79 Å². The normalized spacial score (nSPS) is 13.0. The van der Waals surface area contributed by atoms with E-state index in [4.69, 9.17) is 9.47 Å². The average Bonchev–Trinajstić information content (AvgIpc) is 2.56. The Hall–Kier alpha value is -2.49. The van der Waals surface area contributed by atoms with Crippen LogP contribution in [-0.4, -0.2) is 19.7 Å². The summed E-state index contributed by atoms with van der Waals surface area (Å²) >= 11 is 0. The quantitative estimate of drug-likeness (QED) is 0.828. The first kappa shape index (κ1) is 15.9. The molecule has 2 rings (SSSR count). The number of carbonyl (C=O) groups excluding carboxylic acids is 1. The van der Waals surface area contributed by atoms with E-state index in [0.29, 0.717) is 12.4 Å². The number of anilines is 1. The van der Waals surface area contributed by atoms with Crippen LogP contribution >= 0.6 is 0 Å². The zero-order valence-electron chi connectivity index (χ0n) is 13.1. The molecule has 4 heteroatoms. The number of ether oxygens (including phenoxy) is 2. The fourth-order valence-corrected chi connectivity index (χ4v) is 2.31. The van der Waals surface area contributed by atoms with Gasteiger partial charge in [-0.25, -0.2) is 4.79 Å². The summed E-state index contributed by atoms with van der Waals surface area (Å²) in [5.41, 5.74) is 0.579. The molecule has 0 aliphatic rings. The largest absolute Gasteiger partial charge is 0.495 e. The topological polar surface area (TPSA) is 47.6 Å². The molecule has 22 heavy (non-hydrogen) atoms. The summed E-state index contributed by atoms with van der Waals surface area (Å²) in [5.74, 6) is 0.348. The predicted molar refractivity (Wildman–Crippen MR) is 87.0 cm³/mol. The number of carbonyl (C=O) groups is 1. The van der Waals surface area contributed by atoms with Crippen molar-refractivity contribution in [2.45, 2.75) is 19.4 Å². The summed E-state index contributed by atoms with van der Waals surface area (Å²) in [4.78, 5) is 12.5. The van der Waals surface area contributed by atoms with Crippen molar-refractivity contribution < 1.29 is 14.3 Å². The van der Waals surface area contributed by atoms with Crippen molar-refractivity contribution >= 4 is 11.7 Å². The van der Waals surface area contributed by atoms with Crippen LogP contribution in [0.15, 0.2) is 54.6 Å². The van der Waals surface area contributed by atoms with Gasteiger partial charge in [0, 0.05) is 0 Å². The molecule has 0 saturated heterocycles. The minimum absolute atomic E-state index is 0.327. The Morgan fingerprint density at radius 2 is 1.73 bits per heavy atom. The Morgan fingerprint density at radius 1 is 1.09 bits per heavy atom. The van der Waals surface area contributed by atoms with Crippen LogP contribution < -0.4 is 10.1 Å². The molecule has 0 bridgehead atoms. The minimum Gasteiger partial charge on any atom is -0.495 e. The molecule has 0 amide bonds. The standard InChI is InChI=1S/C18H21NO3/c1-4-22-17(20)18(2,14-10-6-5-7-11-14)19-15-12-8-9-13-16(15)21-3/h5-13,19H,4H2,1-3H3/t18-/m1/s1. The lowest BCUT2D eigenvalue weighted by atomic mass is 9.91. The van der Waals surface area contributed by atoms with Crippen molar-refractivity contribution in [1.82, 2.24) is 0 Å². The van der Waals surface area contributed by atoms with Gasteiger partial charge in [0.05, 0.1) is 19.4 Å². The van der Waals surface area contributed by atoms with E-state index >= 15 is 0 Å². The summed E-state index contributed by atoms with van der Waals surface area (Å²) in [6.07, 6.45) is 0. The third-order valence-electron chi connectivity index (χ3n) is 3.53. The van der Waals surface area contributed by atoms with Crippen LogP contribution in [-0.2, 0) is 15.1 Å². The van der Waals surface area contributed by atoms with Gasteiger partial charge in [0.25, 0.3) is 0 Å². The molecule has 1 atom stereocenters. The van der Waals surface area contributed by atoms with E-state index in [1.54, 1.807) is 14.0 Å². The van der Waals surface area contributed by atoms with E-state index in [0.717, 1.165) is 11.3 Å². The van der Waals surface area contributed by atoms with Crippen molar-refractivity contribution in [3.63, 3.8) is 0 Å².